The van der Waals surface area contributed by atoms with Gasteiger partial charge in [-0.25, -0.2) is 0 Å². The summed E-state index contributed by atoms with van der Waals surface area (Å²) in [7, 11) is 0. The molecule has 0 radical (unpaired) electrons. The van der Waals surface area contributed by atoms with Gasteiger partial charge in [0.1, 0.15) is 0 Å². The summed E-state index contributed by atoms with van der Waals surface area (Å²) in [6.45, 7) is 5.29. The van der Waals surface area contributed by atoms with Gasteiger partial charge in [0.25, 0.3) is 0 Å². The van der Waals surface area contributed by atoms with E-state index in [0.29, 0.717) is 0 Å². The van der Waals surface area contributed by atoms with Gasteiger partial charge in [-0.3, -0.25) is 9.69 Å². The molecule has 1 rings (SSSR count). The molecule has 0 bridgehead atoms. The lowest BCUT2D eigenvalue weighted by Crippen LogP contribution is -2.40. The molecule has 0 aromatic heterocycles. The number of amides is 1. The highest BCUT2D eigenvalue weighted by Crippen LogP contribution is 1.94. The highest BCUT2D eigenvalue weighted by Gasteiger charge is 2.08. The van der Waals surface area contributed by atoms with Crippen LogP contribution in [0.5, 0.6) is 0 Å². The summed E-state index contributed by atoms with van der Waals surface area (Å²) in [4.78, 5) is 12.2. The summed E-state index contributed by atoms with van der Waals surface area (Å²) in [5.41, 5.74) is 0. The number of morpholine rings is 1. The van der Waals surface area contributed by atoms with Crippen LogP contribution in [0.25, 0.3) is 0 Å². The molecule has 1 amide bonds. The molecule has 0 aliphatic carbocycles. The quantitative estimate of drug-likeness (QED) is 0.437. The lowest BCUT2D eigenvalue weighted by molar-refractivity contribution is -0.109. The minimum absolute atomic E-state index is 0. The van der Waals surface area contributed by atoms with Crippen LogP contribution >= 0.6 is 0 Å². The van der Waals surface area contributed by atoms with Crippen LogP contribution in [0.4, 0.5) is 0 Å². The maximum absolute atomic E-state index is 9.89. The first-order valence-corrected chi connectivity index (χ1v) is 3.90. The first-order chi connectivity index (χ1) is 5.43. The monoisotopic (exact) mass is 160 g/mol. The van der Waals surface area contributed by atoms with Crippen LogP contribution in [0, 0.1) is 0 Å². The lowest BCUT2D eigenvalue weighted by atomic mass is 10.4. The molecule has 0 aromatic rings. The van der Waals surface area contributed by atoms with E-state index in [4.69, 9.17) is 4.74 Å². The van der Waals surface area contributed by atoms with Gasteiger partial charge < -0.3 is 10.1 Å². The second kappa shape index (κ2) is 5.09. The van der Waals surface area contributed by atoms with Crippen molar-refractivity contribution in [2.45, 2.75) is 0 Å². The molecular formula is C7H16N2O2. The summed E-state index contributed by atoms with van der Waals surface area (Å²) < 4.78 is 5.17. The van der Waals surface area contributed by atoms with Crippen molar-refractivity contribution in [3.8, 4) is 0 Å². The fourth-order valence-electron chi connectivity index (χ4n) is 1.11. The van der Waals surface area contributed by atoms with Crippen molar-refractivity contribution in [1.29, 1.82) is 0 Å². The predicted molar refractivity (Wildman–Crippen MR) is 43.4 cm³/mol. The van der Waals surface area contributed by atoms with Crippen LogP contribution in [0.1, 0.15) is 1.43 Å². The number of rotatable bonds is 4. The van der Waals surface area contributed by atoms with Crippen molar-refractivity contribution in [3.63, 3.8) is 0 Å². The second-order valence-corrected chi connectivity index (χ2v) is 2.53. The normalized spacial score (nSPS) is 19.6. The van der Waals surface area contributed by atoms with Crippen molar-refractivity contribution in [1.82, 2.24) is 10.2 Å². The Bertz CT molecular complexity index is 118. The summed E-state index contributed by atoms with van der Waals surface area (Å²) in [5, 5.41) is 2.63. The number of nitrogens with one attached hydrogen (secondary N) is 1. The Balaban J connectivity index is 0.00000121. The first-order valence-electron chi connectivity index (χ1n) is 3.90. The molecule has 11 heavy (non-hydrogen) atoms. The number of hydrogen-bond acceptors (Lipinski definition) is 3. The van der Waals surface area contributed by atoms with Crippen LogP contribution in [0.15, 0.2) is 0 Å². The molecule has 1 heterocycles. The van der Waals surface area contributed by atoms with Gasteiger partial charge in [-0.2, -0.15) is 0 Å². The average Bonchev–Trinajstić information content (AvgIpc) is 2.07. The van der Waals surface area contributed by atoms with Crippen LogP contribution in [0.3, 0.4) is 0 Å². The van der Waals surface area contributed by atoms with Gasteiger partial charge in [-0.15, -0.1) is 0 Å². The van der Waals surface area contributed by atoms with Gasteiger partial charge in [0, 0.05) is 27.6 Å². The smallest absolute Gasteiger partial charge is 0.207 e. The Kier molecular flexibility index (Phi) is 3.93. The third-order valence-corrected chi connectivity index (χ3v) is 1.76. The predicted octanol–water partition coefficient (Wildman–Crippen LogP) is -0.689. The second-order valence-electron chi connectivity index (χ2n) is 2.53. The fraction of sp³-hybridized carbons (Fsp3) is 0.857. The Hall–Kier alpha value is -0.610. The third-order valence-electron chi connectivity index (χ3n) is 1.76. The molecule has 66 valence electrons. The Labute approximate surface area is 68.0 Å². The van der Waals surface area contributed by atoms with Crippen LogP contribution in [0.2, 0.25) is 0 Å². The average molecular weight is 160 g/mol. The Morgan fingerprint density at radius 3 is 2.91 bits per heavy atom. The van der Waals surface area contributed by atoms with E-state index in [1.807, 2.05) is 0 Å². The van der Waals surface area contributed by atoms with Gasteiger partial charge in [-0.05, 0) is 0 Å². The summed E-state index contributed by atoms with van der Waals surface area (Å²) in [6, 6.07) is 0. The van der Waals surface area contributed by atoms with Gasteiger partial charge >= 0.3 is 0 Å². The molecule has 1 N–H and O–H groups in total. The minimum Gasteiger partial charge on any atom is -0.379 e. The first kappa shape index (κ1) is 8.49. The summed E-state index contributed by atoms with van der Waals surface area (Å²) in [6.07, 6.45) is 0.737. The molecule has 0 spiro atoms. The maximum atomic E-state index is 9.89. The molecular weight excluding hydrogens is 144 g/mol. The van der Waals surface area contributed by atoms with Crippen molar-refractivity contribution in [3.05, 3.63) is 0 Å². The third kappa shape index (κ3) is 3.34. The molecule has 4 heteroatoms. The minimum atomic E-state index is 0. The zero-order chi connectivity index (χ0) is 7.94. The van der Waals surface area contributed by atoms with Crippen molar-refractivity contribution < 1.29 is 11.0 Å². The maximum Gasteiger partial charge on any atom is 0.207 e. The van der Waals surface area contributed by atoms with Crippen molar-refractivity contribution >= 4 is 6.41 Å². The summed E-state index contributed by atoms with van der Waals surface area (Å²) in [5.74, 6) is 0. The largest absolute Gasteiger partial charge is 0.379 e. The molecule has 0 aromatic carbocycles. The van der Waals surface area contributed by atoms with E-state index in [0.717, 1.165) is 45.8 Å². The molecule has 4 nitrogen and oxygen atoms in total. The number of hydrogen-bond donors (Lipinski definition) is 1. The zero-order valence-corrected chi connectivity index (χ0v) is 6.58. The van der Waals surface area contributed by atoms with Crippen LogP contribution in [-0.2, 0) is 9.53 Å². The van der Waals surface area contributed by atoms with Gasteiger partial charge in [0.05, 0.1) is 13.2 Å². The van der Waals surface area contributed by atoms with E-state index in [1.54, 1.807) is 0 Å². The zero-order valence-electron chi connectivity index (χ0n) is 6.58. The van der Waals surface area contributed by atoms with E-state index < -0.39 is 0 Å². The molecule has 1 fully saturated rings. The highest BCUT2D eigenvalue weighted by molar-refractivity contribution is 5.45. The molecule has 0 atom stereocenters. The molecule has 1 saturated heterocycles. The molecule has 0 saturated carbocycles. The lowest BCUT2D eigenvalue weighted by Gasteiger charge is -2.26. The molecule has 1 aliphatic heterocycles. The van der Waals surface area contributed by atoms with Crippen LogP contribution < -0.4 is 5.32 Å². The molecule has 1 aliphatic rings. The number of ether oxygens (including phenoxy) is 1. The van der Waals surface area contributed by atoms with Crippen molar-refractivity contribution in [2.75, 3.05) is 39.4 Å². The Morgan fingerprint density at radius 2 is 2.27 bits per heavy atom. The highest BCUT2D eigenvalue weighted by atomic mass is 16.5. The standard InChI is InChI=1S/C7H14N2O2.H2/c10-7-8-1-2-9-3-5-11-6-4-9;/h7H,1-6H2,(H,8,10);1H. The van der Waals surface area contributed by atoms with Crippen molar-refractivity contribution in [2.24, 2.45) is 0 Å². The fourth-order valence-corrected chi connectivity index (χ4v) is 1.11. The van der Waals surface area contributed by atoms with Gasteiger partial charge in [0.2, 0.25) is 6.41 Å². The number of carbonyl (C=O) groups excluding carboxylic acids is 1. The number of carbonyl (C=O) groups is 1. The van der Waals surface area contributed by atoms with E-state index in [9.17, 15) is 4.79 Å². The van der Waals surface area contributed by atoms with E-state index in [-0.39, 0.29) is 1.43 Å². The van der Waals surface area contributed by atoms with Gasteiger partial charge in [-0.1, -0.05) is 0 Å². The topological polar surface area (TPSA) is 41.6 Å². The van der Waals surface area contributed by atoms with E-state index in [2.05, 4.69) is 10.2 Å². The molecule has 0 unspecified atom stereocenters. The van der Waals surface area contributed by atoms with E-state index >= 15 is 0 Å². The van der Waals surface area contributed by atoms with Gasteiger partial charge in [0.15, 0.2) is 0 Å². The summed E-state index contributed by atoms with van der Waals surface area (Å²) >= 11 is 0. The SMILES string of the molecule is O=CNCCN1CCOCC1.[HH]. The number of nitrogens with zero attached hydrogens (tertiary/aromatic N) is 1. The van der Waals surface area contributed by atoms with E-state index in [1.165, 1.54) is 0 Å². The van der Waals surface area contributed by atoms with Crippen LogP contribution in [-0.4, -0.2) is 50.7 Å². The Morgan fingerprint density at radius 1 is 1.55 bits per heavy atom.